The Kier molecular flexibility index (Phi) is 4.07. The van der Waals surface area contributed by atoms with Crippen LogP contribution < -0.4 is 5.73 Å². The van der Waals surface area contributed by atoms with Crippen molar-refractivity contribution in [3.8, 4) is 5.75 Å². The zero-order valence-corrected chi connectivity index (χ0v) is 11.3. The van der Waals surface area contributed by atoms with E-state index in [0.29, 0.717) is 25.2 Å². The molecule has 1 aliphatic rings. The molecule has 2 atom stereocenters. The van der Waals surface area contributed by atoms with E-state index in [1.807, 2.05) is 6.92 Å². The molecule has 5 nitrogen and oxygen atoms in total. The summed E-state index contributed by atoms with van der Waals surface area (Å²) < 4.78 is 5.63. The number of nitrogens with two attached hydrogens (primary N) is 1. The Morgan fingerprint density at radius 1 is 1.53 bits per heavy atom. The quantitative estimate of drug-likeness (QED) is 0.831. The van der Waals surface area contributed by atoms with Gasteiger partial charge in [0.25, 0.3) is 5.91 Å². The summed E-state index contributed by atoms with van der Waals surface area (Å²) >= 11 is 0. The lowest BCUT2D eigenvalue weighted by Gasteiger charge is -2.36. The van der Waals surface area contributed by atoms with Crippen LogP contribution in [0, 0.1) is 6.92 Å². The zero-order valence-electron chi connectivity index (χ0n) is 11.3. The van der Waals surface area contributed by atoms with Crippen LogP contribution in [0.25, 0.3) is 0 Å². The lowest BCUT2D eigenvalue weighted by atomic mass is 10.1. The molecule has 0 aliphatic carbocycles. The molecule has 2 rings (SSSR count). The van der Waals surface area contributed by atoms with Crippen molar-refractivity contribution in [1.29, 1.82) is 0 Å². The number of aryl methyl sites for hydroxylation is 1. The first-order valence-corrected chi connectivity index (χ1v) is 6.45. The number of morpholine rings is 1. The second-order valence-electron chi connectivity index (χ2n) is 5.02. The van der Waals surface area contributed by atoms with Crippen molar-refractivity contribution in [3.63, 3.8) is 0 Å². The van der Waals surface area contributed by atoms with E-state index in [0.717, 1.165) is 5.56 Å². The smallest absolute Gasteiger partial charge is 0.254 e. The van der Waals surface area contributed by atoms with Crippen LogP contribution >= 0.6 is 0 Å². The highest BCUT2D eigenvalue weighted by atomic mass is 16.5. The van der Waals surface area contributed by atoms with Crippen LogP contribution in [-0.2, 0) is 4.74 Å². The molecule has 0 saturated carbocycles. The number of rotatable bonds is 2. The third-order valence-electron chi connectivity index (χ3n) is 3.33. The molecule has 0 bridgehead atoms. The van der Waals surface area contributed by atoms with Gasteiger partial charge in [0.1, 0.15) is 5.75 Å². The van der Waals surface area contributed by atoms with Crippen molar-refractivity contribution < 1.29 is 14.6 Å². The number of hydrogen-bond acceptors (Lipinski definition) is 4. The number of hydrogen-bond donors (Lipinski definition) is 2. The fourth-order valence-corrected chi connectivity index (χ4v) is 2.27. The van der Waals surface area contributed by atoms with E-state index in [4.69, 9.17) is 10.5 Å². The summed E-state index contributed by atoms with van der Waals surface area (Å²) in [6, 6.07) is 4.98. The molecule has 0 aromatic heterocycles. The summed E-state index contributed by atoms with van der Waals surface area (Å²) in [6.45, 7) is 5.16. The molecular weight excluding hydrogens is 244 g/mol. The molecule has 2 unspecified atom stereocenters. The van der Waals surface area contributed by atoms with Gasteiger partial charge in [-0.2, -0.15) is 0 Å². The van der Waals surface area contributed by atoms with Crippen LogP contribution in [0.1, 0.15) is 22.8 Å². The Labute approximate surface area is 113 Å². The highest BCUT2D eigenvalue weighted by molar-refractivity contribution is 5.94. The number of amides is 1. The number of aromatic hydroxyl groups is 1. The average Bonchev–Trinajstić information content (AvgIpc) is 2.40. The molecule has 1 aromatic rings. The van der Waals surface area contributed by atoms with Crippen LogP contribution in [0.2, 0.25) is 0 Å². The number of phenols is 1. The second-order valence-corrected chi connectivity index (χ2v) is 5.02. The van der Waals surface area contributed by atoms with Crippen LogP contribution in [0.5, 0.6) is 5.75 Å². The summed E-state index contributed by atoms with van der Waals surface area (Å²) in [5.74, 6) is 0.0476. The number of carbonyl (C=O) groups excluding carboxylic acids is 1. The standard InChI is InChI=1S/C14H20N2O3/c1-9-3-4-11(5-13(9)17)14(18)16-7-10(2)19-12(6-15)8-16/h3-5,10,12,17H,6-8,15H2,1-2H3. The lowest BCUT2D eigenvalue weighted by Crippen LogP contribution is -2.51. The van der Waals surface area contributed by atoms with E-state index >= 15 is 0 Å². The van der Waals surface area contributed by atoms with E-state index in [9.17, 15) is 9.90 Å². The molecular formula is C14H20N2O3. The third kappa shape index (κ3) is 3.05. The van der Waals surface area contributed by atoms with Crippen molar-refractivity contribution in [2.24, 2.45) is 5.73 Å². The minimum atomic E-state index is -0.119. The highest BCUT2D eigenvalue weighted by Gasteiger charge is 2.28. The number of ether oxygens (including phenoxy) is 1. The van der Waals surface area contributed by atoms with Gasteiger partial charge in [0.05, 0.1) is 12.2 Å². The summed E-state index contributed by atoms with van der Waals surface area (Å²) in [7, 11) is 0. The molecule has 3 N–H and O–H groups in total. The van der Waals surface area contributed by atoms with Crippen LogP contribution in [0.4, 0.5) is 0 Å². The van der Waals surface area contributed by atoms with Crippen molar-refractivity contribution in [2.75, 3.05) is 19.6 Å². The summed E-state index contributed by atoms with van der Waals surface area (Å²) in [4.78, 5) is 14.1. The van der Waals surface area contributed by atoms with E-state index in [1.54, 1.807) is 24.0 Å². The molecule has 104 valence electrons. The average molecular weight is 264 g/mol. The molecule has 0 radical (unpaired) electrons. The van der Waals surface area contributed by atoms with Gasteiger partial charge in [-0.1, -0.05) is 6.07 Å². The zero-order chi connectivity index (χ0) is 14.0. The number of nitrogens with zero attached hydrogens (tertiary/aromatic N) is 1. The van der Waals surface area contributed by atoms with Crippen molar-refractivity contribution in [2.45, 2.75) is 26.1 Å². The molecule has 1 heterocycles. The van der Waals surface area contributed by atoms with E-state index < -0.39 is 0 Å². The first-order valence-electron chi connectivity index (χ1n) is 6.45. The summed E-state index contributed by atoms with van der Waals surface area (Å²) in [5.41, 5.74) is 6.86. The van der Waals surface area contributed by atoms with Crippen LogP contribution in [0.3, 0.4) is 0 Å². The highest BCUT2D eigenvalue weighted by Crippen LogP contribution is 2.20. The minimum absolute atomic E-state index is 0.0229. The van der Waals surface area contributed by atoms with Gasteiger partial charge in [0, 0.05) is 25.2 Å². The Balaban J connectivity index is 2.16. The van der Waals surface area contributed by atoms with Crippen LogP contribution in [0.15, 0.2) is 18.2 Å². The molecule has 1 amide bonds. The predicted molar refractivity (Wildman–Crippen MR) is 72.1 cm³/mol. The topological polar surface area (TPSA) is 75.8 Å². The molecule has 19 heavy (non-hydrogen) atoms. The molecule has 1 saturated heterocycles. The maximum Gasteiger partial charge on any atom is 0.254 e. The summed E-state index contributed by atoms with van der Waals surface area (Å²) in [5, 5.41) is 9.68. The van der Waals surface area contributed by atoms with Gasteiger partial charge in [-0.25, -0.2) is 0 Å². The SMILES string of the molecule is Cc1ccc(C(=O)N2CC(C)OC(CN)C2)cc1O. The monoisotopic (exact) mass is 264 g/mol. The minimum Gasteiger partial charge on any atom is -0.508 e. The van der Waals surface area contributed by atoms with E-state index in [1.165, 1.54) is 6.07 Å². The molecule has 1 aliphatic heterocycles. The molecule has 5 heteroatoms. The van der Waals surface area contributed by atoms with Gasteiger partial charge in [-0.3, -0.25) is 4.79 Å². The first kappa shape index (κ1) is 13.8. The number of benzene rings is 1. The Morgan fingerprint density at radius 2 is 2.26 bits per heavy atom. The number of phenolic OH excluding ortho intramolecular Hbond substituents is 1. The van der Waals surface area contributed by atoms with Gasteiger partial charge >= 0.3 is 0 Å². The fourth-order valence-electron chi connectivity index (χ4n) is 2.27. The van der Waals surface area contributed by atoms with E-state index in [2.05, 4.69) is 0 Å². The predicted octanol–water partition coefficient (Wildman–Crippen LogP) is 0.889. The largest absolute Gasteiger partial charge is 0.508 e. The first-order chi connectivity index (χ1) is 9.01. The van der Waals surface area contributed by atoms with Gasteiger partial charge in [0.15, 0.2) is 0 Å². The Morgan fingerprint density at radius 3 is 2.89 bits per heavy atom. The molecule has 1 fully saturated rings. The van der Waals surface area contributed by atoms with Crippen molar-refractivity contribution >= 4 is 5.91 Å². The Bertz CT molecular complexity index is 476. The van der Waals surface area contributed by atoms with Crippen molar-refractivity contribution in [1.82, 2.24) is 4.90 Å². The normalized spacial score (nSPS) is 23.4. The van der Waals surface area contributed by atoms with Gasteiger partial charge in [-0.05, 0) is 31.5 Å². The van der Waals surface area contributed by atoms with Crippen molar-refractivity contribution in [3.05, 3.63) is 29.3 Å². The maximum atomic E-state index is 12.4. The van der Waals surface area contributed by atoms with Gasteiger partial charge in [0.2, 0.25) is 0 Å². The summed E-state index contributed by atoms with van der Waals surface area (Å²) in [6.07, 6.45) is -0.142. The van der Waals surface area contributed by atoms with Crippen LogP contribution in [-0.4, -0.2) is 47.8 Å². The van der Waals surface area contributed by atoms with Gasteiger partial charge in [-0.15, -0.1) is 0 Å². The molecule has 1 aromatic carbocycles. The maximum absolute atomic E-state index is 12.4. The Hall–Kier alpha value is -1.59. The lowest BCUT2D eigenvalue weighted by molar-refractivity contribution is -0.0625. The van der Waals surface area contributed by atoms with E-state index in [-0.39, 0.29) is 23.9 Å². The number of carbonyl (C=O) groups is 1. The van der Waals surface area contributed by atoms with Gasteiger partial charge < -0.3 is 20.5 Å². The second kappa shape index (κ2) is 5.59. The fraction of sp³-hybridized carbons (Fsp3) is 0.500. The third-order valence-corrected chi connectivity index (χ3v) is 3.33. The molecule has 0 spiro atoms.